The number of benzene rings is 2. The molecule has 0 bridgehead atoms. The van der Waals surface area contributed by atoms with Crippen molar-refractivity contribution >= 4 is 61.4 Å². The van der Waals surface area contributed by atoms with Crippen LogP contribution in [0.2, 0.25) is 5.02 Å². The molecule has 0 saturated carbocycles. The van der Waals surface area contributed by atoms with E-state index in [1.54, 1.807) is 30.3 Å². The average molecular weight is 483 g/mol. The van der Waals surface area contributed by atoms with E-state index in [1.165, 1.54) is 41.3 Å². The van der Waals surface area contributed by atoms with Gasteiger partial charge in [0.25, 0.3) is 10.0 Å². The highest BCUT2D eigenvalue weighted by Gasteiger charge is 2.27. The number of rotatable bonds is 8. The maximum absolute atomic E-state index is 13.3. The molecule has 3 rings (SSSR count). The molecule has 0 aliphatic heterocycles. The van der Waals surface area contributed by atoms with Crippen LogP contribution in [0.4, 0.5) is 10.8 Å². The van der Waals surface area contributed by atoms with Gasteiger partial charge in [0, 0.05) is 5.02 Å². The number of hydrogen-bond acceptors (Lipinski definition) is 7. The maximum atomic E-state index is 13.3. The molecule has 1 aromatic heterocycles. The van der Waals surface area contributed by atoms with Gasteiger partial charge in [0.15, 0.2) is 4.34 Å². The Morgan fingerprint density at radius 3 is 2.60 bits per heavy atom. The van der Waals surface area contributed by atoms with Crippen LogP contribution in [0.25, 0.3) is 0 Å². The third kappa shape index (κ3) is 5.51. The van der Waals surface area contributed by atoms with Crippen molar-refractivity contribution in [2.75, 3.05) is 21.9 Å². The predicted molar refractivity (Wildman–Crippen MR) is 122 cm³/mol. The van der Waals surface area contributed by atoms with Crippen LogP contribution >= 0.6 is 34.7 Å². The lowest BCUT2D eigenvalue weighted by molar-refractivity contribution is -0.114. The monoisotopic (exact) mass is 482 g/mol. The third-order valence-corrected chi connectivity index (χ3v) is 7.79. The van der Waals surface area contributed by atoms with Crippen LogP contribution in [0, 0.1) is 6.92 Å². The summed E-state index contributed by atoms with van der Waals surface area (Å²) in [5.41, 5.74) is 1.22. The van der Waals surface area contributed by atoms with E-state index in [4.69, 9.17) is 11.6 Å². The van der Waals surface area contributed by atoms with Crippen LogP contribution in [0.1, 0.15) is 12.5 Å². The molecule has 30 heavy (non-hydrogen) atoms. The molecule has 0 saturated heterocycles. The second-order valence-corrected chi connectivity index (χ2v) is 10.9. The van der Waals surface area contributed by atoms with Crippen molar-refractivity contribution < 1.29 is 13.2 Å². The van der Waals surface area contributed by atoms with Gasteiger partial charge in [-0.1, -0.05) is 65.4 Å². The lowest BCUT2D eigenvalue weighted by Crippen LogP contribution is -2.38. The van der Waals surface area contributed by atoms with E-state index in [-0.39, 0.29) is 10.6 Å². The summed E-state index contributed by atoms with van der Waals surface area (Å²) in [6.07, 6.45) is 0. The molecular weight excluding hydrogens is 464 g/mol. The predicted octanol–water partition coefficient (Wildman–Crippen LogP) is 4.45. The zero-order valence-corrected chi connectivity index (χ0v) is 19.4. The van der Waals surface area contributed by atoms with Crippen LogP contribution < -0.4 is 9.62 Å². The number of nitrogens with one attached hydrogen (secondary N) is 1. The fourth-order valence-corrected chi connectivity index (χ4v) is 5.78. The van der Waals surface area contributed by atoms with E-state index in [1.807, 2.05) is 13.8 Å². The number of halogens is 1. The Labute approximate surface area is 188 Å². The molecule has 0 fully saturated rings. The molecule has 158 valence electrons. The fraction of sp³-hybridized carbons (Fsp3) is 0.211. The molecule has 0 aliphatic rings. The zero-order valence-electron chi connectivity index (χ0n) is 16.2. The van der Waals surface area contributed by atoms with Crippen molar-refractivity contribution in [3.63, 3.8) is 0 Å². The van der Waals surface area contributed by atoms with Gasteiger partial charge in [-0.3, -0.25) is 14.4 Å². The second kappa shape index (κ2) is 9.78. The average Bonchev–Trinajstić information content (AvgIpc) is 3.13. The quantitative estimate of drug-likeness (QED) is 0.376. The first-order valence-electron chi connectivity index (χ1n) is 8.90. The summed E-state index contributed by atoms with van der Waals surface area (Å²) in [7, 11) is -4.00. The summed E-state index contributed by atoms with van der Waals surface area (Å²) in [5.74, 6) is 0.301. The molecule has 1 heterocycles. The van der Waals surface area contributed by atoms with Gasteiger partial charge in [0.2, 0.25) is 11.0 Å². The molecule has 2 aromatic carbocycles. The number of carbonyl (C=O) groups is 1. The summed E-state index contributed by atoms with van der Waals surface area (Å²) < 4.78 is 28.4. The Morgan fingerprint density at radius 2 is 1.93 bits per heavy atom. The third-order valence-electron chi connectivity index (χ3n) is 3.91. The molecular formula is C19H19ClN4O3S3. The number of carbonyl (C=O) groups excluding carboxylic acids is 1. The van der Waals surface area contributed by atoms with Gasteiger partial charge >= 0.3 is 0 Å². The SMILES string of the molecule is CCSc1nnc(NC(=O)CN(c2cccc(Cl)c2)S(=O)(=O)c2ccc(C)cc2)s1. The second-order valence-electron chi connectivity index (χ2n) is 6.16. The van der Waals surface area contributed by atoms with Crippen molar-refractivity contribution in [2.24, 2.45) is 0 Å². The van der Waals surface area contributed by atoms with E-state index in [2.05, 4.69) is 15.5 Å². The van der Waals surface area contributed by atoms with Crippen LogP contribution in [-0.4, -0.2) is 36.8 Å². The first-order valence-corrected chi connectivity index (χ1v) is 12.5. The number of sulfonamides is 1. The van der Waals surface area contributed by atoms with Gasteiger partial charge in [0.05, 0.1) is 10.6 Å². The Morgan fingerprint density at radius 1 is 1.20 bits per heavy atom. The maximum Gasteiger partial charge on any atom is 0.264 e. The van der Waals surface area contributed by atoms with Crippen LogP contribution in [0.3, 0.4) is 0 Å². The van der Waals surface area contributed by atoms with E-state index in [9.17, 15) is 13.2 Å². The smallest absolute Gasteiger partial charge is 0.264 e. The number of amides is 1. The standard InChI is InChI=1S/C19H19ClN4O3S3/c1-3-28-19-23-22-18(29-19)21-17(25)12-24(15-6-4-5-14(20)11-15)30(26,27)16-9-7-13(2)8-10-16/h4-11H,3,12H2,1-2H3,(H,21,22,25). The Balaban J connectivity index is 1.89. The lowest BCUT2D eigenvalue weighted by atomic mass is 10.2. The molecule has 0 radical (unpaired) electrons. The summed E-state index contributed by atoms with van der Waals surface area (Å²) in [6.45, 7) is 3.42. The van der Waals surface area contributed by atoms with Gasteiger partial charge in [0.1, 0.15) is 6.54 Å². The first kappa shape index (κ1) is 22.5. The summed E-state index contributed by atoms with van der Waals surface area (Å²) in [5, 5.41) is 11.2. The van der Waals surface area contributed by atoms with E-state index < -0.39 is 22.5 Å². The molecule has 3 aromatic rings. The first-order chi connectivity index (χ1) is 14.3. The number of aromatic nitrogens is 2. The number of nitrogens with zero attached hydrogens (tertiary/aromatic N) is 3. The highest BCUT2D eigenvalue weighted by Crippen LogP contribution is 2.28. The minimum Gasteiger partial charge on any atom is -0.299 e. The van der Waals surface area contributed by atoms with Gasteiger partial charge in [-0.05, 0) is 43.0 Å². The number of aryl methyl sites for hydroxylation is 1. The normalized spacial score (nSPS) is 11.3. The number of anilines is 2. The van der Waals surface area contributed by atoms with Crippen LogP contribution in [0.15, 0.2) is 57.8 Å². The highest BCUT2D eigenvalue weighted by atomic mass is 35.5. The Bertz CT molecular complexity index is 1130. The molecule has 1 amide bonds. The topological polar surface area (TPSA) is 92.3 Å². The molecule has 0 unspecified atom stereocenters. The zero-order chi connectivity index (χ0) is 21.7. The largest absolute Gasteiger partial charge is 0.299 e. The molecule has 11 heteroatoms. The van der Waals surface area contributed by atoms with Crippen LogP contribution in [0.5, 0.6) is 0 Å². The minimum absolute atomic E-state index is 0.0819. The van der Waals surface area contributed by atoms with Crippen molar-refractivity contribution in [3.8, 4) is 0 Å². The van der Waals surface area contributed by atoms with Crippen molar-refractivity contribution in [1.29, 1.82) is 0 Å². The summed E-state index contributed by atoms with van der Waals surface area (Å²) >= 11 is 8.81. The molecule has 0 atom stereocenters. The number of thioether (sulfide) groups is 1. The van der Waals surface area contributed by atoms with E-state index in [0.717, 1.165) is 20.0 Å². The Kier molecular flexibility index (Phi) is 7.35. The van der Waals surface area contributed by atoms with Gasteiger partial charge in [-0.25, -0.2) is 8.42 Å². The fourth-order valence-electron chi connectivity index (χ4n) is 2.52. The van der Waals surface area contributed by atoms with Gasteiger partial charge in [-0.15, -0.1) is 10.2 Å². The van der Waals surface area contributed by atoms with Crippen molar-refractivity contribution in [3.05, 3.63) is 59.1 Å². The Hall–Kier alpha value is -2.14. The summed E-state index contributed by atoms with van der Waals surface area (Å²) in [4.78, 5) is 12.7. The number of hydrogen-bond donors (Lipinski definition) is 1. The molecule has 0 aliphatic carbocycles. The summed E-state index contributed by atoms with van der Waals surface area (Å²) in [6, 6.07) is 12.8. The van der Waals surface area contributed by atoms with E-state index >= 15 is 0 Å². The molecule has 7 nitrogen and oxygen atoms in total. The van der Waals surface area contributed by atoms with Crippen molar-refractivity contribution in [1.82, 2.24) is 10.2 Å². The van der Waals surface area contributed by atoms with Crippen molar-refractivity contribution in [2.45, 2.75) is 23.1 Å². The van der Waals surface area contributed by atoms with Gasteiger partial charge < -0.3 is 0 Å². The van der Waals surface area contributed by atoms with Crippen LogP contribution in [-0.2, 0) is 14.8 Å². The van der Waals surface area contributed by atoms with E-state index in [0.29, 0.717) is 10.2 Å². The van der Waals surface area contributed by atoms with Gasteiger partial charge in [-0.2, -0.15) is 0 Å². The lowest BCUT2D eigenvalue weighted by Gasteiger charge is -2.24. The molecule has 0 spiro atoms. The minimum atomic E-state index is -4.00. The highest BCUT2D eigenvalue weighted by molar-refractivity contribution is 8.01. The molecule has 1 N–H and O–H groups in total.